The molecule has 1 aliphatic carbocycles. The van der Waals surface area contributed by atoms with E-state index < -0.39 is 5.41 Å². The van der Waals surface area contributed by atoms with Gasteiger partial charge in [-0.15, -0.1) is 0 Å². The summed E-state index contributed by atoms with van der Waals surface area (Å²) in [7, 11) is 0. The van der Waals surface area contributed by atoms with Gasteiger partial charge in [0.2, 0.25) is 0 Å². The van der Waals surface area contributed by atoms with Crippen molar-refractivity contribution in [2.45, 2.75) is 31.6 Å². The number of hydrogen-bond acceptors (Lipinski definition) is 0. The molecule has 2 heteroatoms. The second-order valence-corrected chi connectivity index (χ2v) is 10.6. The van der Waals surface area contributed by atoms with Crippen LogP contribution in [-0.2, 0) is 10.8 Å². The van der Waals surface area contributed by atoms with E-state index in [0.717, 1.165) is 9.50 Å². The topological polar surface area (TPSA) is 0 Å². The van der Waals surface area contributed by atoms with E-state index in [4.69, 9.17) is 11.6 Å². The van der Waals surface area contributed by atoms with Gasteiger partial charge in [-0.05, 0) is 57.0 Å². The van der Waals surface area contributed by atoms with E-state index >= 15 is 0 Å². The largest absolute Gasteiger partial charge is 0.0843 e. The maximum absolute atomic E-state index is 6.63. The molecular formula is C29H24BrCl. The van der Waals surface area contributed by atoms with Crippen molar-refractivity contribution in [3.8, 4) is 11.1 Å². The monoisotopic (exact) mass is 486 g/mol. The van der Waals surface area contributed by atoms with Crippen molar-refractivity contribution in [1.82, 2.24) is 0 Å². The van der Waals surface area contributed by atoms with Crippen LogP contribution in [0.25, 0.3) is 11.1 Å². The lowest BCUT2D eigenvalue weighted by Gasteiger charge is -2.37. The lowest BCUT2D eigenvalue weighted by atomic mass is 9.64. The minimum Gasteiger partial charge on any atom is -0.0843 e. The summed E-state index contributed by atoms with van der Waals surface area (Å²) in [5.41, 5.74) is 8.51. The average molecular weight is 488 g/mol. The van der Waals surface area contributed by atoms with E-state index in [0.29, 0.717) is 0 Å². The molecule has 0 spiro atoms. The van der Waals surface area contributed by atoms with Gasteiger partial charge in [-0.1, -0.05) is 121 Å². The lowest BCUT2D eigenvalue weighted by molar-refractivity contribution is 0.572. The van der Waals surface area contributed by atoms with E-state index in [-0.39, 0.29) is 5.41 Å². The van der Waals surface area contributed by atoms with E-state index in [2.05, 4.69) is 122 Å². The van der Waals surface area contributed by atoms with Gasteiger partial charge in [-0.2, -0.15) is 0 Å². The molecule has 0 aliphatic heterocycles. The first-order valence-corrected chi connectivity index (χ1v) is 11.8. The maximum atomic E-state index is 6.63. The minimum absolute atomic E-state index is 0.0224. The molecule has 0 unspecified atom stereocenters. The van der Waals surface area contributed by atoms with Crippen LogP contribution in [0.3, 0.4) is 0 Å². The van der Waals surface area contributed by atoms with Crippen molar-refractivity contribution in [2.75, 3.05) is 0 Å². The van der Waals surface area contributed by atoms with Crippen LogP contribution in [0, 0.1) is 0 Å². The van der Waals surface area contributed by atoms with Crippen LogP contribution in [0.2, 0.25) is 5.02 Å². The highest BCUT2D eigenvalue weighted by Gasteiger charge is 2.49. The summed E-state index contributed by atoms with van der Waals surface area (Å²) < 4.78 is 1.12. The predicted molar refractivity (Wildman–Crippen MR) is 135 cm³/mol. The smallest absolute Gasteiger partial charge is 0.0717 e. The van der Waals surface area contributed by atoms with E-state index in [1.807, 2.05) is 6.07 Å². The molecule has 154 valence electrons. The molecule has 0 bridgehead atoms. The number of halogens is 2. The molecule has 0 saturated heterocycles. The molecular weight excluding hydrogens is 464 g/mol. The number of hydrogen-bond donors (Lipinski definition) is 0. The van der Waals surface area contributed by atoms with Gasteiger partial charge in [0.25, 0.3) is 0 Å². The van der Waals surface area contributed by atoms with Crippen molar-refractivity contribution in [1.29, 1.82) is 0 Å². The number of rotatable bonds is 2. The minimum atomic E-state index is -0.440. The first kappa shape index (κ1) is 20.5. The van der Waals surface area contributed by atoms with Crippen LogP contribution >= 0.6 is 27.5 Å². The summed E-state index contributed by atoms with van der Waals surface area (Å²) in [4.78, 5) is 0. The molecule has 31 heavy (non-hydrogen) atoms. The highest BCUT2D eigenvalue weighted by Crippen LogP contribution is 2.60. The Hall–Kier alpha value is -2.35. The van der Waals surface area contributed by atoms with Crippen molar-refractivity contribution >= 4 is 27.5 Å². The van der Waals surface area contributed by atoms with Crippen molar-refractivity contribution in [3.05, 3.63) is 128 Å². The van der Waals surface area contributed by atoms with Crippen LogP contribution in [0.5, 0.6) is 0 Å². The number of benzene rings is 4. The van der Waals surface area contributed by atoms with Gasteiger partial charge in [-0.25, -0.2) is 0 Å². The van der Waals surface area contributed by atoms with Crippen LogP contribution in [-0.4, -0.2) is 0 Å². The van der Waals surface area contributed by atoms with E-state index in [1.54, 1.807) is 0 Å². The van der Waals surface area contributed by atoms with Gasteiger partial charge in [-0.3, -0.25) is 0 Å². The molecule has 0 atom stereocenters. The standard InChI is InChI=1S/C29H24BrCl/c1-28(2,3)23-16-17-25(30)26-22-15-14-21(31)18-24(22)29(27(23)26,19-10-6-4-7-11-19)20-12-8-5-9-13-20/h4-18H,1-3H3. The van der Waals surface area contributed by atoms with Gasteiger partial charge in [0.15, 0.2) is 0 Å². The Balaban J connectivity index is 2.07. The van der Waals surface area contributed by atoms with Gasteiger partial charge >= 0.3 is 0 Å². The Morgan fingerprint density at radius 2 is 1.32 bits per heavy atom. The fourth-order valence-corrected chi connectivity index (χ4v) is 5.89. The van der Waals surface area contributed by atoms with E-state index in [9.17, 15) is 0 Å². The molecule has 4 aromatic carbocycles. The first-order valence-electron chi connectivity index (χ1n) is 10.6. The van der Waals surface area contributed by atoms with Crippen molar-refractivity contribution in [3.63, 3.8) is 0 Å². The molecule has 5 rings (SSSR count). The Morgan fingerprint density at radius 1 is 0.742 bits per heavy atom. The Labute approximate surface area is 198 Å². The predicted octanol–water partition coefficient (Wildman–Crippen LogP) is 8.76. The molecule has 4 aromatic rings. The lowest BCUT2D eigenvalue weighted by Crippen LogP contribution is -2.32. The summed E-state index contributed by atoms with van der Waals surface area (Å²) in [6.45, 7) is 6.90. The van der Waals surface area contributed by atoms with Gasteiger partial charge in [0.05, 0.1) is 5.41 Å². The van der Waals surface area contributed by atoms with Crippen LogP contribution in [0.4, 0.5) is 0 Å². The van der Waals surface area contributed by atoms with Crippen LogP contribution < -0.4 is 0 Å². The van der Waals surface area contributed by atoms with Crippen molar-refractivity contribution in [2.24, 2.45) is 0 Å². The van der Waals surface area contributed by atoms with Crippen LogP contribution in [0.15, 0.2) is 95.5 Å². The summed E-state index contributed by atoms with van der Waals surface area (Å²) in [6.07, 6.45) is 0. The molecule has 0 amide bonds. The highest BCUT2D eigenvalue weighted by atomic mass is 79.9. The van der Waals surface area contributed by atoms with Crippen molar-refractivity contribution < 1.29 is 0 Å². The molecule has 0 heterocycles. The summed E-state index contributed by atoms with van der Waals surface area (Å²) in [5.74, 6) is 0. The van der Waals surface area contributed by atoms with Crippen LogP contribution in [0.1, 0.15) is 48.6 Å². The average Bonchev–Trinajstić information content (AvgIpc) is 3.06. The Morgan fingerprint density at radius 3 is 1.87 bits per heavy atom. The summed E-state index contributed by atoms with van der Waals surface area (Å²) in [6, 6.07) is 32.6. The third-order valence-electron chi connectivity index (χ3n) is 6.41. The molecule has 0 saturated carbocycles. The molecule has 0 aromatic heterocycles. The van der Waals surface area contributed by atoms with Gasteiger partial charge in [0, 0.05) is 15.1 Å². The molecule has 1 aliphatic rings. The fourth-order valence-electron chi connectivity index (χ4n) is 5.18. The zero-order valence-corrected chi connectivity index (χ0v) is 20.3. The second-order valence-electron chi connectivity index (χ2n) is 9.27. The third-order valence-corrected chi connectivity index (χ3v) is 7.30. The second kappa shape index (κ2) is 7.36. The Kier molecular flexibility index (Phi) is 4.88. The molecule has 0 fully saturated rings. The quantitative estimate of drug-likeness (QED) is 0.233. The third kappa shape index (κ3) is 3.02. The maximum Gasteiger partial charge on any atom is 0.0717 e. The fraction of sp³-hybridized carbons (Fsp3) is 0.172. The zero-order chi connectivity index (χ0) is 21.8. The first-order chi connectivity index (χ1) is 14.8. The van der Waals surface area contributed by atoms with E-state index in [1.165, 1.54) is 38.9 Å². The van der Waals surface area contributed by atoms with Gasteiger partial charge < -0.3 is 0 Å². The normalized spacial score (nSPS) is 14.2. The highest BCUT2D eigenvalue weighted by molar-refractivity contribution is 9.10. The molecule has 0 radical (unpaired) electrons. The summed E-state index contributed by atoms with van der Waals surface area (Å²) >= 11 is 10.5. The Bertz CT molecular complexity index is 1230. The summed E-state index contributed by atoms with van der Waals surface area (Å²) in [5, 5.41) is 0.760. The SMILES string of the molecule is CC(C)(C)c1ccc(Br)c2c1C(c1ccccc1)(c1ccccc1)c1cc(Cl)ccc1-2. The zero-order valence-electron chi connectivity index (χ0n) is 17.9. The molecule has 0 nitrogen and oxygen atoms in total. The molecule has 0 N–H and O–H groups in total. The number of fused-ring (bicyclic) bond motifs is 3. The van der Waals surface area contributed by atoms with Gasteiger partial charge in [0.1, 0.15) is 0 Å².